The number of carbonyl (C=O) groups excluding carboxylic acids is 1. The van der Waals surface area contributed by atoms with Gasteiger partial charge in [0.25, 0.3) is 0 Å². The van der Waals surface area contributed by atoms with Gasteiger partial charge in [-0.2, -0.15) is 0 Å². The number of allylic oxidation sites excluding steroid dienone is 2. The summed E-state index contributed by atoms with van der Waals surface area (Å²) >= 11 is 0. The van der Waals surface area contributed by atoms with Gasteiger partial charge >= 0.3 is 7.60 Å². The van der Waals surface area contributed by atoms with Gasteiger partial charge in [0, 0.05) is 26.1 Å². The Morgan fingerprint density at radius 1 is 1.14 bits per heavy atom. The van der Waals surface area contributed by atoms with Crippen LogP contribution in [-0.4, -0.2) is 39.4 Å². The van der Waals surface area contributed by atoms with Crippen LogP contribution in [-0.2, 0) is 29.8 Å². The molecule has 0 aliphatic rings. The maximum Gasteiger partial charge on any atom is 0.337 e. The molecule has 6 nitrogen and oxygen atoms in total. The summed E-state index contributed by atoms with van der Waals surface area (Å²) in [5.41, 5.74) is 0.963. The van der Waals surface area contributed by atoms with E-state index in [2.05, 4.69) is 6.58 Å². The minimum Gasteiger partial charge on any atom is -0.497 e. The second kappa shape index (κ2) is 12.0. The molecule has 1 rings (SSSR count). The fraction of sp³-hybridized carbons (Fsp3) is 0.476. The predicted octanol–water partition coefficient (Wildman–Crippen LogP) is 4.65. The van der Waals surface area contributed by atoms with Crippen molar-refractivity contribution in [2.45, 2.75) is 26.6 Å². The van der Waals surface area contributed by atoms with Crippen molar-refractivity contribution in [3.05, 3.63) is 54.6 Å². The van der Waals surface area contributed by atoms with E-state index in [9.17, 15) is 9.36 Å². The summed E-state index contributed by atoms with van der Waals surface area (Å²) in [6, 6.07) is 7.54. The fourth-order valence-electron chi connectivity index (χ4n) is 2.75. The fourth-order valence-corrected chi connectivity index (χ4v) is 3.83. The second-order valence-corrected chi connectivity index (χ2v) is 8.76. The average molecular weight is 410 g/mol. The largest absolute Gasteiger partial charge is 0.497 e. The van der Waals surface area contributed by atoms with Gasteiger partial charge in [-0.25, -0.2) is 0 Å². The van der Waals surface area contributed by atoms with Crippen LogP contribution in [0, 0.1) is 11.8 Å². The van der Waals surface area contributed by atoms with Crippen LogP contribution in [0.25, 0.3) is 0 Å². The van der Waals surface area contributed by atoms with Gasteiger partial charge in [0.1, 0.15) is 17.7 Å². The maximum atomic E-state index is 12.7. The van der Waals surface area contributed by atoms with Gasteiger partial charge in [-0.3, -0.25) is 9.36 Å². The van der Waals surface area contributed by atoms with Crippen LogP contribution < -0.4 is 4.74 Å². The summed E-state index contributed by atoms with van der Waals surface area (Å²) in [7, 11) is 0.737. The lowest BCUT2D eigenvalue weighted by molar-refractivity contribution is -0.127. The Morgan fingerprint density at radius 3 is 2.25 bits per heavy atom. The van der Waals surface area contributed by atoms with Gasteiger partial charge in [-0.15, -0.1) is 0 Å². The van der Waals surface area contributed by atoms with Crippen molar-refractivity contribution in [3.8, 4) is 5.75 Å². The summed E-state index contributed by atoms with van der Waals surface area (Å²) in [6.45, 7) is 7.75. The topological polar surface area (TPSA) is 71.1 Å². The normalized spacial score (nSPS) is 15.2. The lowest BCUT2D eigenvalue weighted by atomic mass is 9.90. The van der Waals surface area contributed by atoms with Gasteiger partial charge in [-0.1, -0.05) is 50.8 Å². The molecule has 7 heteroatoms. The molecule has 0 heterocycles. The van der Waals surface area contributed by atoms with Gasteiger partial charge in [0.2, 0.25) is 0 Å². The van der Waals surface area contributed by atoms with Crippen molar-refractivity contribution in [1.82, 2.24) is 0 Å². The highest BCUT2D eigenvalue weighted by atomic mass is 31.2. The smallest absolute Gasteiger partial charge is 0.337 e. The summed E-state index contributed by atoms with van der Waals surface area (Å²) in [5.74, 6) is -0.0207. The van der Waals surface area contributed by atoms with E-state index < -0.39 is 19.6 Å². The molecule has 0 bridgehead atoms. The molecular formula is C21H31O6P. The zero-order valence-electron chi connectivity index (χ0n) is 17.3. The van der Waals surface area contributed by atoms with Crippen LogP contribution in [0.2, 0.25) is 0 Å². The maximum absolute atomic E-state index is 12.7. The molecule has 0 saturated carbocycles. The van der Waals surface area contributed by atoms with Gasteiger partial charge < -0.3 is 18.5 Å². The average Bonchev–Trinajstić information content (AvgIpc) is 2.72. The molecule has 0 radical (unpaired) electrons. The van der Waals surface area contributed by atoms with Crippen LogP contribution in [0.1, 0.15) is 19.4 Å². The monoisotopic (exact) mass is 410 g/mol. The van der Waals surface area contributed by atoms with E-state index in [4.69, 9.17) is 18.5 Å². The Kier molecular flexibility index (Phi) is 10.4. The number of hydrogen-bond donors (Lipinski definition) is 0. The Bertz CT molecular complexity index is 689. The summed E-state index contributed by atoms with van der Waals surface area (Å²) in [6.07, 6.45) is 4.73. The zero-order chi connectivity index (χ0) is 21.2. The van der Waals surface area contributed by atoms with Gasteiger partial charge in [-0.05, 0) is 17.7 Å². The van der Waals surface area contributed by atoms with E-state index in [0.717, 1.165) is 11.3 Å². The lowest BCUT2D eigenvalue weighted by Crippen LogP contribution is -2.34. The highest BCUT2D eigenvalue weighted by Crippen LogP contribution is 2.46. The molecule has 28 heavy (non-hydrogen) atoms. The van der Waals surface area contributed by atoms with Crippen LogP contribution in [0.15, 0.2) is 49.1 Å². The third-order valence-corrected chi connectivity index (χ3v) is 6.39. The molecule has 1 aromatic rings. The molecule has 0 aliphatic heterocycles. The van der Waals surface area contributed by atoms with Crippen molar-refractivity contribution in [3.63, 3.8) is 0 Å². The van der Waals surface area contributed by atoms with Crippen molar-refractivity contribution < 1.29 is 27.9 Å². The minimum atomic E-state index is -3.42. The molecule has 0 saturated heterocycles. The molecule has 3 atom stereocenters. The van der Waals surface area contributed by atoms with E-state index in [1.54, 1.807) is 20.1 Å². The molecule has 1 aromatic carbocycles. The highest BCUT2D eigenvalue weighted by Gasteiger charge is 2.34. The van der Waals surface area contributed by atoms with E-state index in [1.807, 2.05) is 43.3 Å². The molecule has 0 aliphatic carbocycles. The first-order chi connectivity index (χ1) is 13.3. The number of Topliss-reactive ketones (excluding diaryl/α,β-unsaturated/α-hetero) is 1. The Labute approximate surface area is 168 Å². The standard InChI is InChI=1S/C21H31O6P/c1-7-8-9-16(2)21(17(3)20(22)15-28(23,25-5)26-6)27-14-18-10-12-19(24-4)13-11-18/h7-13,16-17,21H,1,14-15H2,2-6H3/b9-8+/t16-,17-,21-/m0/s1. The summed E-state index contributed by atoms with van der Waals surface area (Å²) in [4.78, 5) is 12.7. The first-order valence-corrected chi connectivity index (χ1v) is 10.8. The molecule has 0 amide bonds. The SMILES string of the molecule is C=C/C=C/[C@H](C)[C@H](OCc1ccc(OC)cc1)[C@@H](C)C(=O)CP(=O)(OC)OC. The van der Waals surface area contributed by atoms with Crippen LogP contribution in [0.5, 0.6) is 5.75 Å². The molecule has 0 N–H and O–H groups in total. The van der Waals surface area contributed by atoms with Gasteiger partial charge in [0.05, 0.1) is 19.8 Å². The van der Waals surface area contributed by atoms with Crippen molar-refractivity contribution >= 4 is 13.4 Å². The number of benzene rings is 1. The third kappa shape index (κ3) is 7.36. The lowest BCUT2D eigenvalue weighted by Gasteiger charge is -2.28. The van der Waals surface area contributed by atoms with Crippen LogP contribution in [0.3, 0.4) is 0 Å². The zero-order valence-corrected chi connectivity index (χ0v) is 18.2. The number of carbonyl (C=O) groups is 1. The molecule has 0 fully saturated rings. The van der Waals surface area contributed by atoms with Crippen molar-refractivity contribution in [2.24, 2.45) is 11.8 Å². The highest BCUT2D eigenvalue weighted by molar-refractivity contribution is 7.54. The number of methoxy groups -OCH3 is 1. The van der Waals surface area contributed by atoms with E-state index >= 15 is 0 Å². The Balaban J connectivity index is 2.93. The molecule has 0 aromatic heterocycles. The first kappa shape index (κ1) is 24.3. The molecule has 156 valence electrons. The number of hydrogen-bond acceptors (Lipinski definition) is 6. The first-order valence-electron chi connectivity index (χ1n) is 9.07. The van der Waals surface area contributed by atoms with Crippen molar-refractivity contribution in [1.29, 1.82) is 0 Å². The third-order valence-electron chi connectivity index (χ3n) is 4.58. The quantitative estimate of drug-likeness (QED) is 0.348. The summed E-state index contributed by atoms with van der Waals surface area (Å²) < 4.78 is 33.4. The summed E-state index contributed by atoms with van der Waals surface area (Å²) in [5, 5.41) is 0. The van der Waals surface area contributed by atoms with E-state index in [1.165, 1.54) is 14.2 Å². The Morgan fingerprint density at radius 2 is 1.75 bits per heavy atom. The molecule has 0 spiro atoms. The molecule has 0 unspecified atom stereocenters. The minimum absolute atomic E-state index is 0.0559. The van der Waals surface area contributed by atoms with Crippen LogP contribution >= 0.6 is 7.60 Å². The van der Waals surface area contributed by atoms with Crippen LogP contribution in [0.4, 0.5) is 0 Å². The Hall–Kier alpha value is -1.72. The van der Waals surface area contributed by atoms with E-state index in [-0.39, 0.29) is 17.9 Å². The van der Waals surface area contributed by atoms with Crippen molar-refractivity contribution in [2.75, 3.05) is 27.5 Å². The van der Waals surface area contributed by atoms with Gasteiger partial charge in [0.15, 0.2) is 0 Å². The van der Waals surface area contributed by atoms with E-state index in [0.29, 0.717) is 6.61 Å². The number of rotatable bonds is 13. The predicted molar refractivity (Wildman–Crippen MR) is 111 cm³/mol. The molecular weight excluding hydrogens is 379 g/mol. The number of ketones is 1. The second-order valence-electron chi connectivity index (χ2n) is 6.49. The number of ether oxygens (including phenoxy) is 2.